The van der Waals surface area contributed by atoms with Crippen molar-refractivity contribution in [3.8, 4) is 0 Å². The molecule has 2 rings (SSSR count). The van der Waals surface area contributed by atoms with E-state index in [9.17, 15) is 0 Å². The second kappa shape index (κ2) is 20.7. The van der Waals surface area contributed by atoms with Gasteiger partial charge in [-0.2, -0.15) is 0 Å². The molecule has 0 aliphatic heterocycles. The fraction of sp³-hybridized carbons (Fsp3) is 0.788. The van der Waals surface area contributed by atoms with Gasteiger partial charge in [0.2, 0.25) is 0 Å². The van der Waals surface area contributed by atoms with E-state index < -0.39 is 0 Å². The van der Waals surface area contributed by atoms with Crippen LogP contribution in [0.15, 0.2) is 24.3 Å². The monoisotopic (exact) mass is 497 g/mol. The van der Waals surface area contributed by atoms with Gasteiger partial charge in [0.15, 0.2) is 0 Å². The summed E-state index contributed by atoms with van der Waals surface area (Å²) in [6.07, 6.45) is 29.5. The van der Waals surface area contributed by atoms with Crippen LogP contribution in [0.2, 0.25) is 0 Å². The first-order valence-corrected chi connectivity index (χ1v) is 15.8. The first kappa shape index (κ1) is 30.9. The highest BCUT2D eigenvalue weighted by Gasteiger charge is 2.10. The number of hydrogen-bond donors (Lipinski definition) is 0. The molecule has 0 fully saturated rings. The maximum Gasteiger partial charge on any atom is 0.109 e. The van der Waals surface area contributed by atoms with E-state index in [4.69, 9.17) is 4.98 Å². The molecule has 1 aromatic heterocycles. The zero-order valence-electron chi connectivity index (χ0n) is 24.4. The number of nitrogens with zero attached hydrogens (tertiary/aromatic N) is 3. The van der Waals surface area contributed by atoms with E-state index in [1.54, 1.807) is 0 Å². The summed E-state index contributed by atoms with van der Waals surface area (Å²) in [7, 11) is 4.32. The summed E-state index contributed by atoms with van der Waals surface area (Å²) in [4.78, 5) is 7.25. The number of unbranched alkanes of at least 4 members (excludes halogenated alkanes) is 18. The Morgan fingerprint density at radius 1 is 0.611 bits per heavy atom. The van der Waals surface area contributed by atoms with Crippen molar-refractivity contribution in [1.82, 2.24) is 14.5 Å². The van der Waals surface area contributed by atoms with Crippen molar-refractivity contribution in [2.45, 2.75) is 148 Å². The number of imidazole rings is 1. The molecular weight excluding hydrogens is 438 g/mol. The van der Waals surface area contributed by atoms with Crippen LogP contribution >= 0.6 is 0 Å². The zero-order valence-corrected chi connectivity index (χ0v) is 24.4. The quantitative estimate of drug-likeness (QED) is 0.134. The van der Waals surface area contributed by atoms with E-state index in [2.05, 4.69) is 54.8 Å². The van der Waals surface area contributed by atoms with E-state index in [1.807, 2.05) is 0 Å². The third-order valence-electron chi connectivity index (χ3n) is 7.72. The highest BCUT2D eigenvalue weighted by atomic mass is 15.1. The summed E-state index contributed by atoms with van der Waals surface area (Å²) in [6.45, 7) is 4.51. The Labute approximate surface area is 224 Å². The summed E-state index contributed by atoms with van der Waals surface area (Å²) in [5.74, 6) is 1.29. The number of aryl methyl sites for hydroxylation is 2. The predicted octanol–water partition coefficient (Wildman–Crippen LogP) is 9.96. The molecule has 0 spiro atoms. The van der Waals surface area contributed by atoms with Gasteiger partial charge in [0.1, 0.15) is 5.82 Å². The van der Waals surface area contributed by atoms with Crippen LogP contribution in [-0.4, -0.2) is 35.1 Å². The molecule has 206 valence electrons. The largest absolute Gasteiger partial charge is 0.328 e. The normalized spacial score (nSPS) is 11.8. The van der Waals surface area contributed by atoms with Gasteiger partial charge in [-0.3, -0.25) is 0 Å². The topological polar surface area (TPSA) is 21.1 Å². The Balaban J connectivity index is 1.43. The summed E-state index contributed by atoms with van der Waals surface area (Å²) in [6, 6.07) is 8.66. The van der Waals surface area contributed by atoms with Crippen molar-refractivity contribution in [2.24, 2.45) is 0 Å². The Morgan fingerprint density at radius 3 is 1.58 bits per heavy atom. The van der Waals surface area contributed by atoms with Gasteiger partial charge in [-0.15, -0.1) is 0 Å². The molecule has 2 aromatic rings. The Bertz CT molecular complexity index is 763. The van der Waals surface area contributed by atoms with E-state index >= 15 is 0 Å². The number of rotatable bonds is 24. The van der Waals surface area contributed by atoms with Crippen LogP contribution in [0.4, 0.5) is 0 Å². The lowest BCUT2D eigenvalue weighted by Gasteiger charge is -2.12. The minimum atomic E-state index is 1.08. The number of aromatic nitrogens is 2. The smallest absolute Gasteiger partial charge is 0.109 e. The fourth-order valence-electron chi connectivity index (χ4n) is 5.47. The predicted molar refractivity (Wildman–Crippen MR) is 160 cm³/mol. The molecule has 0 aliphatic carbocycles. The van der Waals surface area contributed by atoms with Gasteiger partial charge in [0.05, 0.1) is 11.0 Å². The molecule has 0 amide bonds. The second-order valence-electron chi connectivity index (χ2n) is 11.4. The van der Waals surface area contributed by atoms with E-state index in [-0.39, 0.29) is 0 Å². The van der Waals surface area contributed by atoms with Crippen LogP contribution in [-0.2, 0) is 13.0 Å². The SMILES string of the molecule is CCCCCCCCCCCCCCCCCCCCCc1nc2ccccc2n1CCCN(C)C. The summed E-state index contributed by atoms with van der Waals surface area (Å²) >= 11 is 0. The van der Waals surface area contributed by atoms with Gasteiger partial charge < -0.3 is 9.47 Å². The third kappa shape index (κ3) is 13.8. The first-order chi connectivity index (χ1) is 17.7. The number of hydrogen-bond acceptors (Lipinski definition) is 2. The summed E-state index contributed by atoms with van der Waals surface area (Å²) in [5, 5.41) is 0. The minimum Gasteiger partial charge on any atom is -0.328 e. The van der Waals surface area contributed by atoms with Crippen LogP contribution in [0.1, 0.15) is 141 Å². The van der Waals surface area contributed by atoms with Gasteiger partial charge in [-0.1, -0.05) is 135 Å². The van der Waals surface area contributed by atoms with Crippen molar-refractivity contribution in [3.63, 3.8) is 0 Å². The summed E-state index contributed by atoms with van der Waals surface area (Å²) in [5.41, 5.74) is 2.47. The maximum atomic E-state index is 4.98. The zero-order chi connectivity index (χ0) is 25.7. The number of benzene rings is 1. The van der Waals surface area contributed by atoms with Crippen LogP contribution < -0.4 is 0 Å². The lowest BCUT2D eigenvalue weighted by molar-refractivity contribution is 0.386. The molecule has 0 saturated carbocycles. The average molecular weight is 498 g/mol. The van der Waals surface area contributed by atoms with E-state index in [1.165, 1.54) is 140 Å². The molecule has 0 atom stereocenters. The molecule has 1 aromatic carbocycles. The molecule has 0 bridgehead atoms. The molecular formula is C33H59N3. The van der Waals surface area contributed by atoms with E-state index in [0.29, 0.717) is 0 Å². The van der Waals surface area contributed by atoms with Crippen molar-refractivity contribution in [2.75, 3.05) is 20.6 Å². The average Bonchev–Trinajstić information content (AvgIpc) is 3.22. The van der Waals surface area contributed by atoms with Crippen molar-refractivity contribution in [3.05, 3.63) is 30.1 Å². The molecule has 0 saturated heterocycles. The minimum absolute atomic E-state index is 1.08. The van der Waals surface area contributed by atoms with Crippen LogP contribution in [0.3, 0.4) is 0 Å². The highest BCUT2D eigenvalue weighted by molar-refractivity contribution is 5.75. The van der Waals surface area contributed by atoms with E-state index in [0.717, 1.165) is 25.0 Å². The van der Waals surface area contributed by atoms with Crippen LogP contribution in [0, 0.1) is 0 Å². The Hall–Kier alpha value is -1.35. The third-order valence-corrected chi connectivity index (χ3v) is 7.72. The van der Waals surface area contributed by atoms with Gasteiger partial charge in [0.25, 0.3) is 0 Å². The fourth-order valence-corrected chi connectivity index (χ4v) is 5.47. The Kier molecular flexibility index (Phi) is 17.7. The maximum absolute atomic E-state index is 4.98. The molecule has 3 heteroatoms. The number of para-hydroxylation sites is 2. The van der Waals surface area contributed by atoms with Crippen LogP contribution in [0.25, 0.3) is 11.0 Å². The molecule has 1 heterocycles. The standard InChI is InChI=1S/C33H59N3/c1-4-5-6-7-8-9-10-11-12-13-14-15-16-17-18-19-20-21-22-28-33-34-31-26-23-24-27-32(31)36(33)30-25-29-35(2)3/h23-24,26-27H,4-22,25,28-30H2,1-3H3. The molecule has 0 N–H and O–H groups in total. The van der Waals surface area contributed by atoms with Crippen molar-refractivity contribution < 1.29 is 0 Å². The first-order valence-electron chi connectivity index (χ1n) is 15.8. The van der Waals surface area contributed by atoms with Gasteiger partial charge >= 0.3 is 0 Å². The number of fused-ring (bicyclic) bond motifs is 1. The van der Waals surface area contributed by atoms with Gasteiger partial charge in [-0.25, -0.2) is 4.98 Å². The lowest BCUT2D eigenvalue weighted by Crippen LogP contribution is -2.16. The molecule has 0 unspecified atom stereocenters. The molecule has 3 nitrogen and oxygen atoms in total. The summed E-state index contributed by atoms with van der Waals surface area (Å²) < 4.78 is 2.48. The molecule has 0 aliphatic rings. The lowest BCUT2D eigenvalue weighted by atomic mass is 10.0. The molecule has 36 heavy (non-hydrogen) atoms. The van der Waals surface area contributed by atoms with Crippen molar-refractivity contribution >= 4 is 11.0 Å². The second-order valence-corrected chi connectivity index (χ2v) is 11.4. The van der Waals surface area contributed by atoms with Gasteiger partial charge in [-0.05, 0) is 45.6 Å². The highest BCUT2D eigenvalue weighted by Crippen LogP contribution is 2.19. The van der Waals surface area contributed by atoms with Gasteiger partial charge in [0, 0.05) is 13.0 Å². The van der Waals surface area contributed by atoms with Crippen molar-refractivity contribution in [1.29, 1.82) is 0 Å². The Morgan fingerprint density at radius 2 is 1.08 bits per heavy atom. The molecule has 0 radical (unpaired) electrons. The van der Waals surface area contributed by atoms with Crippen LogP contribution in [0.5, 0.6) is 0 Å².